The molecule has 0 aromatic rings. The van der Waals surface area contributed by atoms with Crippen molar-refractivity contribution >= 4 is 0 Å². The predicted molar refractivity (Wildman–Crippen MR) is 37.5 cm³/mol. The minimum Gasteiger partial charge on any atom is -0.107 e. The summed E-state index contributed by atoms with van der Waals surface area (Å²) < 4.78 is 0. The first-order valence-corrected chi connectivity index (χ1v) is 2.92. The minimum absolute atomic E-state index is 1.00. The molecular formula is C8H12. The van der Waals surface area contributed by atoms with Gasteiger partial charge in [0.15, 0.2) is 0 Å². The summed E-state index contributed by atoms with van der Waals surface area (Å²) in [6, 6.07) is 0. The lowest BCUT2D eigenvalue weighted by Gasteiger charge is -1.78. The summed E-state index contributed by atoms with van der Waals surface area (Å²) in [7, 11) is 0. The first kappa shape index (κ1) is 7.30. The number of allylic oxidation sites excluding steroid dienone is 2. The molecule has 0 bridgehead atoms. The van der Waals surface area contributed by atoms with Crippen molar-refractivity contribution in [1.29, 1.82) is 0 Å². The van der Waals surface area contributed by atoms with Gasteiger partial charge in [0.1, 0.15) is 0 Å². The van der Waals surface area contributed by atoms with Gasteiger partial charge in [-0.3, -0.25) is 0 Å². The van der Waals surface area contributed by atoms with Gasteiger partial charge in [-0.15, -0.1) is 11.8 Å². The maximum atomic E-state index is 2.98. The zero-order valence-corrected chi connectivity index (χ0v) is 5.57. The van der Waals surface area contributed by atoms with E-state index in [1.54, 1.807) is 0 Å². The summed E-state index contributed by atoms with van der Waals surface area (Å²) >= 11 is 0. The summed E-state index contributed by atoms with van der Waals surface area (Å²) in [5.41, 5.74) is 0. The average molecular weight is 108 g/mol. The lowest BCUT2D eigenvalue weighted by Crippen LogP contribution is -1.61. The van der Waals surface area contributed by atoms with Gasteiger partial charge < -0.3 is 0 Å². The summed E-state index contributed by atoms with van der Waals surface area (Å²) in [5.74, 6) is 5.82. The second-order valence-corrected chi connectivity index (χ2v) is 1.53. The molecule has 0 aliphatic rings. The molecule has 8 heavy (non-hydrogen) atoms. The molecular weight excluding hydrogens is 96.1 g/mol. The Bertz CT molecular complexity index is 110. The second-order valence-electron chi connectivity index (χ2n) is 1.53. The number of unbranched alkanes of at least 4 members (excludes halogenated alkanes) is 1. The molecule has 0 aliphatic carbocycles. The Hall–Kier alpha value is -0.700. The molecule has 0 unspecified atom stereocenters. The van der Waals surface area contributed by atoms with Gasteiger partial charge in [0, 0.05) is 6.42 Å². The summed E-state index contributed by atoms with van der Waals surface area (Å²) in [6.45, 7) is 3.90. The van der Waals surface area contributed by atoms with E-state index in [9.17, 15) is 0 Å². The molecule has 0 heteroatoms. The molecule has 0 rings (SSSR count). The third-order valence-corrected chi connectivity index (χ3v) is 0.848. The molecule has 0 fully saturated rings. The Morgan fingerprint density at radius 1 is 1.50 bits per heavy atom. The maximum absolute atomic E-state index is 2.98. The Kier molecular flexibility index (Phi) is 5.75. The minimum atomic E-state index is 1.00. The third kappa shape index (κ3) is 5.30. The van der Waals surface area contributed by atoms with E-state index < -0.39 is 0 Å². The zero-order chi connectivity index (χ0) is 6.24. The van der Waals surface area contributed by atoms with Crippen molar-refractivity contribution in [3.05, 3.63) is 12.2 Å². The molecule has 0 spiro atoms. The van der Waals surface area contributed by atoms with Gasteiger partial charge in [0.2, 0.25) is 0 Å². The fourth-order valence-electron chi connectivity index (χ4n) is 0.447. The lowest BCUT2D eigenvalue weighted by molar-refractivity contribution is 1.08. The van der Waals surface area contributed by atoms with Crippen LogP contribution in [0.5, 0.6) is 0 Å². The van der Waals surface area contributed by atoms with Crippen LogP contribution in [0.3, 0.4) is 0 Å². The standard InChI is InChI=1S/C8H12/c1-3-5-7-8-6-4-2/h3,5H,7-8H2,1-2H3/b5-3+. The van der Waals surface area contributed by atoms with Crippen molar-refractivity contribution in [2.75, 3.05) is 0 Å². The van der Waals surface area contributed by atoms with Gasteiger partial charge in [0.25, 0.3) is 0 Å². The SMILES string of the molecule is CC#CCC/C=C/C. The molecule has 0 atom stereocenters. The topological polar surface area (TPSA) is 0 Å². The van der Waals surface area contributed by atoms with Crippen LogP contribution in [0.15, 0.2) is 12.2 Å². The van der Waals surface area contributed by atoms with Crippen LogP contribution in [0.2, 0.25) is 0 Å². The van der Waals surface area contributed by atoms with Crippen LogP contribution in [0.25, 0.3) is 0 Å². The molecule has 0 aromatic heterocycles. The van der Waals surface area contributed by atoms with E-state index in [0.29, 0.717) is 0 Å². The first-order valence-electron chi connectivity index (χ1n) is 2.92. The molecule has 0 aliphatic heterocycles. The highest BCUT2D eigenvalue weighted by atomic mass is 13.7. The van der Waals surface area contributed by atoms with Crippen molar-refractivity contribution in [2.45, 2.75) is 26.7 Å². The average Bonchev–Trinajstić information content (AvgIpc) is 1.81. The van der Waals surface area contributed by atoms with E-state index >= 15 is 0 Å². The fourth-order valence-corrected chi connectivity index (χ4v) is 0.447. The van der Waals surface area contributed by atoms with E-state index in [1.165, 1.54) is 0 Å². The van der Waals surface area contributed by atoms with Gasteiger partial charge in [-0.05, 0) is 20.3 Å². The van der Waals surface area contributed by atoms with Gasteiger partial charge in [0.05, 0.1) is 0 Å². The monoisotopic (exact) mass is 108 g/mol. The molecule has 0 heterocycles. The van der Waals surface area contributed by atoms with Crippen LogP contribution >= 0.6 is 0 Å². The highest BCUT2D eigenvalue weighted by molar-refractivity contribution is 4.96. The highest BCUT2D eigenvalue weighted by Gasteiger charge is 1.69. The smallest absolute Gasteiger partial charge is 0.0123 e. The normalized spacial score (nSPS) is 8.75. The van der Waals surface area contributed by atoms with E-state index in [-0.39, 0.29) is 0 Å². The Morgan fingerprint density at radius 3 is 2.75 bits per heavy atom. The van der Waals surface area contributed by atoms with Crippen molar-refractivity contribution < 1.29 is 0 Å². The molecule has 0 radical (unpaired) electrons. The van der Waals surface area contributed by atoms with Crippen molar-refractivity contribution in [1.82, 2.24) is 0 Å². The van der Waals surface area contributed by atoms with Crippen LogP contribution in [0, 0.1) is 11.8 Å². The van der Waals surface area contributed by atoms with Crippen LogP contribution in [-0.2, 0) is 0 Å². The zero-order valence-electron chi connectivity index (χ0n) is 5.57. The van der Waals surface area contributed by atoms with Crippen molar-refractivity contribution in [3.63, 3.8) is 0 Å². The lowest BCUT2D eigenvalue weighted by atomic mass is 10.3. The molecule has 0 aromatic carbocycles. The van der Waals surface area contributed by atoms with Crippen LogP contribution in [0.1, 0.15) is 26.7 Å². The van der Waals surface area contributed by atoms with Gasteiger partial charge in [-0.2, -0.15) is 0 Å². The largest absolute Gasteiger partial charge is 0.107 e. The number of hydrogen-bond acceptors (Lipinski definition) is 0. The van der Waals surface area contributed by atoms with Gasteiger partial charge >= 0.3 is 0 Å². The van der Waals surface area contributed by atoms with Crippen molar-refractivity contribution in [3.8, 4) is 11.8 Å². The molecule has 0 N–H and O–H groups in total. The molecule has 0 amide bonds. The highest BCUT2D eigenvalue weighted by Crippen LogP contribution is 1.86. The Labute approximate surface area is 51.6 Å². The number of rotatable bonds is 2. The van der Waals surface area contributed by atoms with Crippen LogP contribution in [-0.4, -0.2) is 0 Å². The van der Waals surface area contributed by atoms with E-state index in [4.69, 9.17) is 0 Å². The predicted octanol–water partition coefficient (Wildman–Crippen LogP) is 2.37. The molecule has 0 saturated heterocycles. The Balaban J connectivity index is 3.01. The van der Waals surface area contributed by atoms with Crippen LogP contribution < -0.4 is 0 Å². The van der Waals surface area contributed by atoms with E-state index in [0.717, 1.165) is 12.8 Å². The maximum Gasteiger partial charge on any atom is 0.0123 e. The Morgan fingerprint density at radius 2 is 2.25 bits per heavy atom. The first-order chi connectivity index (χ1) is 3.91. The third-order valence-electron chi connectivity index (χ3n) is 0.848. The van der Waals surface area contributed by atoms with Crippen molar-refractivity contribution in [2.24, 2.45) is 0 Å². The molecule has 44 valence electrons. The van der Waals surface area contributed by atoms with Gasteiger partial charge in [-0.1, -0.05) is 12.2 Å². The summed E-state index contributed by atoms with van der Waals surface area (Å²) in [6.07, 6.45) is 6.28. The second kappa shape index (κ2) is 6.30. The molecule has 0 nitrogen and oxygen atoms in total. The quantitative estimate of drug-likeness (QED) is 0.289. The fraction of sp³-hybridized carbons (Fsp3) is 0.500. The van der Waals surface area contributed by atoms with Crippen LogP contribution in [0.4, 0.5) is 0 Å². The van der Waals surface area contributed by atoms with E-state index in [2.05, 4.69) is 24.0 Å². The number of hydrogen-bond donors (Lipinski definition) is 0. The van der Waals surface area contributed by atoms with E-state index in [1.807, 2.05) is 13.8 Å². The summed E-state index contributed by atoms with van der Waals surface area (Å²) in [4.78, 5) is 0. The molecule has 0 saturated carbocycles. The summed E-state index contributed by atoms with van der Waals surface area (Å²) in [5, 5.41) is 0. The van der Waals surface area contributed by atoms with Gasteiger partial charge in [-0.25, -0.2) is 0 Å².